The Morgan fingerprint density at radius 3 is 2.72 bits per heavy atom. The van der Waals surface area contributed by atoms with E-state index in [1.54, 1.807) is 14.0 Å². The van der Waals surface area contributed by atoms with Crippen LogP contribution in [0.4, 0.5) is 0 Å². The van der Waals surface area contributed by atoms with Crippen molar-refractivity contribution in [2.24, 2.45) is 0 Å². The minimum atomic E-state index is -3.07. The zero-order valence-corrected chi connectivity index (χ0v) is 11.8. The fourth-order valence-electron chi connectivity index (χ4n) is 2.32. The second-order valence-corrected chi connectivity index (χ2v) is 7.17. The molecule has 1 aromatic carbocycles. The third-order valence-electron chi connectivity index (χ3n) is 3.53. The second kappa shape index (κ2) is 4.90. The van der Waals surface area contributed by atoms with Gasteiger partial charge >= 0.3 is 0 Å². The summed E-state index contributed by atoms with van der Waals surface area (Å²) in [6.07, 6.45) is 2.17. The van der Waals surface area contributed by atoms with Gasteiger partial charge in [-0.15, -0.1) is 0 Å². The highest BCUT2D eigenvalue weighted by Gasteiger charge is 2.27. The monoisotopic (exact) mass is 269 g/mol. The molecule has 5 heteroatoms. The van der Waals surface area contributed by atoms with Crippen LogP contribution in [0.25, 0.3) is 0 Å². The maximum absolute atomic E-state index is 11.7. The highest BCUT2D eigenvalue weighted by Crippen LogP contribution is 2.30. The second-order valence-electron chi connectivity index (χ2n) is 4.77. The maximum Gasteiger partial charge on any atom is 0.151 e. The fourth-order valence-corrected chi connectivity index (χ4v) is 3.11. The van der Waals surface area contributed by atoms with Gasteiger partial charge in [0.1, 0.15) is 5.75 Å². The van der Waals surface area contributed by atoms with Gasteiger partial charge in [0.2, 0.25) is 0 Å². The lowest BCUT2D eigenvalue weighted by Gasteiger charge is -2.23. The molecule has 0 aliphatic carbocycles. The third kappa shape index (κ3) is 2.52. The van der Waals surface area contributed by atoms with Crippen LogP contribution in [0.3, 0.4) is 0 Å². The summed E-state index contributed by atoms with van der Waals surface area (Å²) < 4.78 is 28.8. The summed E-state index contributed by atoms with van der Waals surface area (Å²) in [4.78, 5) is 0. The van der Waals surface area contributed by atoms with Crippen LogP contribution in [0, 0.1) is 0 Å². The Bertz CT molecular complexity index is 539. The summed E-state index contributed by atoms with van der Waals surface area (Å²) >= 11 is 0. The predicted octanol–water partition coefficient (Wildman–Crippen LogP) is 1.32. The Balaban J connectivity index is 2.34. The highest BCUT2D eigenvalue weighted by atomic mass is 32.2. The first-order valence-electron chi connectivity index (χ1n) is 6.05. The lowest BCUT2D eigenvalue weighted by atomic mass is 10.0. The van der Waals surface area contributed by atoms with Crippen LogP contribution in [0.5, 0.6) is 5.75 Å². The smallest absolute Gasteiger partial charge is 0.151 e. The summed E-state index contributed by atoms with van der Waals surface area (Å²) in [5.74, 6) is 0.917. The Kier molecular flexibility index (Phi) is 3.64. The van der Waals surface area contributed by atoms with Crippen molar-refractivity contribution < 1.29 is 13.2 Å². The van der Waals surface area contributed by atoms with Gasteiger partial charge in [0.15, 0.2) is 9.84 Å². The molecular weight excluding hydrogens is 250 g/mol. The summed E-state index contributed by atoms with van der Waals surface area (Å²) in [7, 11) is -1.28. The first-order chi connectivity index (χ1) is 8.43. The molecule has 0 radical (unpaired) electrons. The van der Waals surface area contributed by atoms with Gasteiger partial charge in [-0.25, -0.2) is 8.42 Å². The van der Waals surface area contributed by atoms with Crippen LogP contribution in [0.15, 0.2) is 18.2 Å². The van der Waals surface area contributed by atoms with E-state index in [4.69, 9.17) is 4.74 Å². The van der Waals surface area contributed by atoms with Crippen molar-refractivity contribution in [3.05, 3.63) is 29.3 Å². The van der Waals surface area contributed by atoms with Crippen molar-refractivity contribution in [3.8, 4) is 5.75 Å². The predicted molar refractivity (Wildman–Crippen MR) is 71.7 cm³/mol. The van der Waals surface area contributed by atoms with Gasteiger partial charge in [0.25, 0.3) is 0 Å². The molecule has 0 saturated carbocycles. The van der Waals surface area contributed by atoms with Gasteiger partial charge in [-0.05, 0) is 31.2 Å². The molecule has 1 aromatic rings. The topological polar surface area (TPSA) is 55.4 Å². The van der Waals surface area contributed by atoms with Crippen molar-refractivity contribution in [2.75, 3.05) is 19.9 Å². The van der Waals surface area contributed by atoms with Gasteiger partial charge in [0.05, 0.1) is 11.9 Å². The maximum atomic E-state index is 11.7. The molecule has 2 rings (SSSR count). The number of nitrogens with one attached hydrogen (secondary N) is 1. The lowest BCUT2D eigenvalue weighted by Crippen LogP contribution is -2.33. The average molecular weight is 269 g/mol. The third-order valence-corrected chi connectivity index (χ3v) is 5.15. The Morgan fingerprint density at radius 2 is 2.11 bits per heavy atom. The van der Waals surface area contributed by atoms with Crippen molar-refractivity contribution in [1.82, 2.24) is 5.32 Å². The molecule has 1 aliphatic rings. The van der Waals surface area contributed by atoms with Gasteiger partial charge in [-0.3, -0.25) is 0 Å². The van der Waals surface area contributed by atoms with Crippen LogP contribution < -0.4 is 10.1 Å². The molecule has 18 heavy (non-hydrogen) atoms. The number of hydrogen-bond donors (Lipinski definition) is 1. The van der Waals surface area contributed by atoms with Gasteiger partial charge in [0, 0.05) is 18.7 Å². The minimum absolute atomic E-state index is 0.189. The SMILES string of the molecule is CNC(c1ccc2c(c1)CCO2)C(C)S(C)(=O)=O. The van der Waals surface area contributed by atoms with E-state index < -0.39 is 15.1 Å². The highest BCUT2D eigenvalue weighted by molar-refractivity contribution is 7.91. The quantitative estimate of drug-likeness (QED) is 0.895. The van der Waals surface area contributed by atoms with Crippen LogP contribution >= 0.6 is 0 Å². The van der Waals surface area contributed by atoms with E-state index in [0.29, 0.717) is 6.61 Å². The number of hydrogen-bond acceptors (Lipinski definition) is 4. The average Bonchev–Trinajstić information content (AvgIpc) is 2.76. The molecule has 0 saturated heterocycles. The summed E-state index contributed by atoms with van der Waals surface area (Å²) in [6.45, 7) is 2.45. The minimum Gasteiger partial charge on any atom is -0.493 e. The molecule has 0 aromatic heterocycles. The van der Waals surface area contributed by atoms with E-state index in [1.807, 2.05) is 18.2 Å². The van der Waals surface area contributed by atoms with Crippen molar-refractivity contribution in [2.45, 2.75) is 24.6 Å². The van der Waals surface area contributed by atoms with E-state index >= 15 is 0 Å². The number of ether oxygens (including phenoxy) is 1. The molecule has 100 valence electrons. The van der Waals surface area contributed by atoms with Crippen LogP contribution in [-0.4, -0.2) is 33.6 Å². The molecule has 2 atom stereocenters. The molecule has 0 amide bonds. The fraction of sp³-hybridized carbons (Fsp3) is 0.538. The first-order valence-corrected chi connectivity index (χ1v) is 8.00. The van der Waals surface area contributed by atoms with Gasteiger partial charge in [-0.1, -0.05) is 12.1 Å². The van der Waals surface area contributed by atoms with Gasteiger partial charge in [-0.2, -0.15) is 0 Å². The molecule has 0 fully saturated rings. The normalized spacial score (nSPS) is 17.9. The van der Waals surface area contributed by atoms with Crippen LogP contribution in [0.1, 0.15) is 24.1 Å². The molecular formula is C13H19NO3S. The van der Waals surface area contributed by atoms with Crippen LogP contribution in [0.2, 0.25) is 0 Å². The molecule has 0 spiro atoms. The lowest BCUT2D eigenvalue weighted by molar-refractivity contribution is 0.356. The van der Waals surface area contributed by atoms with E-state index in [-0.39, 0.29) is 6.04 Å². The van der Waals surface area contributed by atoms with E-state index in [9.17, 15) is 8.42 Å². The first kappa shape index (κ1) is 13.4. The van der Waals surface area contributed by atoms with E-state index in [1.165, 1.54) is 6.26 Å². The number of benzene rings is 1. The van der Waals surface area contributed by atoms with Crippen LogP contribution in [-0.2, 0) is 16.3 Å². The summed E-state index contributed by atoms with van der Waals surface area (Å²) in [6, 6.07) is 5.72. The standard InChI is InChI=1S/C13H19NO3S/c1-9(18(3,15)16)13(14-2)11-4-5-12-10(8-11)6-7-17-12/h4-5,8-9,13-14H,6-7H2,1-3H3. The van der Waals surface area contributed by atoms with Crippen molar-refractivity contribution in [3.63, 3.8) is 0 Å². The molecule has 1 heterocycles. The molecule has 0 bridgehead atoms. The van der Waals surface area contributed by atoms with Gasteiger partial charge < -0.3 is 10.1 Å². The number of rotatable bonds is 4. The van der Waals surface area contributed by atoms with E-state index in [0.717, 1.165) is 23.3 Å². The number of fused-ring (bicyclic) bond motifs is 1. The summed E-state index contributed by atoms with van der Waals surface area (Å²) in [5, 5.41) is 2.64. The van der Waals surface area contributed by atoms with Crippen molar-refractivity contribution >= 4 is 9.84 Å². The zero-order valence-electron chi connectivity index (χ0n) is 10.9. The largest absolute Gasteiger partial charge is 0.493 e. The summed E-state index contributed by atoms with van der Waals surface area (Å²) in [5.41, 5.74) is 2.16. The number of sulfone groups is 1. The zero-order chi connectivity index (χ0) is 13.3. The molecule has 1 N–H and O–H groups in total. The Hall–Kier alpha value is -1.07. The van der Waals surface area contributed by atoms with E-state index in [2.05, 4.69) is 5.32 Å². The Morgan fingerprint density at radius 1 is 1.39 bits per heavy atom. The molecule has 2 unspecified atom stereocenters. The Labute approximate surface area is 108 Å². The molecule has 1 aliphatic heterocycles. The molecule has 4 nitrogen and oxygen atoms in total. The van der Waals surface area contributed by atoms with Crippen molar-refractivity contribution in [1.29, 1.82) is 0 Å².